The van der Waals surface area contributed by atoms with Crippen LogP contribution in [0.2, 0.25) is 0 Å². The summed E-state index contributed by atoms with van der Waals surface area (Å²) in [5, 5.41) is 0. The predicted molar refractivity (Wildman–Crippen MR) is 97.4 cm³/mol. The number of hydrogen-bond donors (Lipinski definition) is 1. The molecule has 0 aromatic rings. The van der Waals surface area contributed by atoms with Crippen molar-refractivity contribution >= 4 is 6.16 Å². The van der Waals surface area contributed by atoms with Crippen molar-refractivity contribution in [1.82, 2.24) is 0 Å². The Bertz CT molecular complexity index is 580. The molecular formula is C22H33NO3. The minimum Gasteiger partial charge on any atom is -0.434 e. The summed E-state index contributed by atoms with van der Waals surface area (Å²) in [6, 6.07) is 0. The first-order chi connectivity index (χ1) is 12.4. The Balaban J connectivity index is 1.11. The maximum atomic E-state index is 12.6. The largest absolute Gasteiger partial charge is 0.508 e. The topological polar surface area (TPSA) is 61.5 Å². The summed E-state index contributed by atoms with van der Waals surface area (Å²) in [7, 11) is 0. The van der Waals surface area contributed by atoms with Gasteiger partial charge >= 0.3 is 6.16 Å². The lowest BCUT2D eigenvalue weighted by molar-refractivity contribution is -0.152. The van der Waals surface area contributed by atoms with Crippen LogP contribution in [-0.2, 0) is 9.47 Å². The molecule has 8 fully saturated rings. The highest BCUT2D eigenvalue weighted by atomic mass is 16.7. The lowest BCUT2D eigenvalue weighted by Gasteiger charge is -2.60. The van der Waals surface area contributed by atoms with Crippen molar-refractivity contribution < 1.29 is 14.3 Å². The summed E-state index contributed by atoms with van der Waals surface area (Å²) in [6.45, 7) is 0.532. The SMILES string of the molecule is NC12CC3CC(C1)CC(COC(=O)OC14CC5CC(CC(C5)C1)C4)(C3)C2. The molecule has 0 heterocycles. The van der Waals surface area contributed by atoms with E-state index in [9.17, 15) is 4.79 Å². The van der Waals surface area contributed by atoms with Gasteiger partial charge in [-0.05, 0) is 107 Å². The number of hydrogen-bond acceptors (Lipinski definition) is 4. The maximum absolute atomic E-state index is 12.6. The number of nitrogens with two attached hydrogens (primary N) is 1. The monoisotopic (exact) mass is 359 g/mol. The van der Waals surface area contributed by atoms with Gasteiger partial charge in [-0.25, -0.2) is 4.79 Å². The molecule has 4 nitrogen and oxygen atoms in total. The second-order valence-corrected chi connectivity index (χ2v) is 11.6. The highest BCUT2D eigenvalue weighted by Gasteiger charge is 2.57. The molecule has 0 spiro atoms. The molecule has 0 aliphatic heterocycles. The number of carbonyl (C=O) groups excluding carboxylic acids is 1. The standard InChI is InChI=1S/C22H33NO3/c23-21-7-17-4-18(8-21)6-20(5-17,12-21)13-25-19(24)26-22-9-14-1-15(10-22)3-16(2-14)11-22/h14-18H,1-13,23H2. The van der Waals surface area contributed by atoms with E-state index >= 15 is 0 Å². The quantitative estimate of drug-likeness (QED) is 0.758. The lowest BCUT2D eigenvalue weighted by atomic mass is 9.47. The van der Waals surface area contributed by atoms with E-state index in [4.69, 9.17) is 15.2 Å². The fraction of sp³-hybridized carbons (Fsp3) is 0.955. The van der Waals surface area contributed by atoms with Crippen molar-refractivity contribution in [3.05, 3.63) is 0 Å². The Morgan fingerprint density at radius 1 is 0.808 bits per heavy atom. The molecule has 0 aromatic heterocycles. The van der Waals surface area contributed by atoms with Crippen molar-refractivity contribution in [3.63, 3.8) is 0 Å². The Labute approximate surface area is 156 Å². The number of carbonyl (C=O) groups is 1. The summed E-state index contributed by atoms with van der Waals surface area (Å²) in [4.78, 5) is 12.6. The lowest BCUT2D eigenvalue weighted by Crippen LogP contribution is -2.61. The molecule has 2 atom stereocenters. The molecule has 2 unspecified atom stereocenters. The molecule has 0 radical (unpaired) electrons. The molecule has 8 aliphatic rings. The van der Waals surface area contributed by atoms with Gasteiger partial charge in [-0.3, -0.25) is 0 Å². The van der Waals surface area contributed by atoms with Crippen LogP contribution in [0.3, 0.4) is 0 Å². The van der Waals surface area contributed by atoms with Crippen LogP contribution in [0.4, 0.5) is 4.79 Å². The van der Waals surface area contributed by atoms with E-state index in [1.165, 1.54) is 51.4 Å². The van der Waals surface area contributed by atoms with Gasteiger partial charge in [0.2, 0.25) is 0 Å². The predicted octanol–water partition coefficient (Wildman–Crippen LogP) is 4.41. The van der Waals surface area contributed by atoms with E-state index in [0.717, 1.165) is 55.3 Å². The van der Waals surface area contributed by atoms with Gasteiger partial charge in [-0.2, -0.15) is 0 Å². The Morgan fingerprint density at radius 2 is 1.35 bits per heavy atom. The Morgan fingerprint density at radius 3 is 1.88 bits per heavy atom. The fourth-order valence-corrected chi connectivity index (χ4v) is 9.27. The summed E-state index contributed by atoms with van der Waals surface area (Å²) in [6.07, 6.45) is 14.1. The van der Waals surface area contributed by atoms with Crippen molar-refractivity contribution in [2.45, 2.75) is 88.2 Å². The van der Waals surface area contributed by atoms with E-state index in [2.05, 4.69) is 0 Å². The summed E-state index contributed by atoms with van der Waals surface area (Å²) in [5.74, 6) is 3.87. The van der Waals surface area contributed by atoms with Crippen LogP contribution < -0.4 is 5.73 Å². The minimum atomic E-state index is -0.395. The molecule has 0 aromatic carbocycles. The zero-order chi connectivity index (χ0) is 17.6. The highest BCUT2D eigenvalue weighted by Crippen LogP contribution is 2.61. The third-order valence-electron chi connectivity index (χ3n) is 9.01. The van der Waals surface area contributed by atoms with Crippen LogP contribution in [0.5, 0.6) is 0 Å². The Hall–Kier alpha value is -0.770. The number of rotatable bonds is 3. The van der Waals surface area contributed by atoms with Crippen molar-refractivity contribution in [3.8, 4) is 0 Å². The maximum Gasteiger partial charge on any atom is 0.508 e. The van der Waals surface area contributed by atoms with Crippen LogP contribution >= 0.6 is 0 Å². The molecule has 8 aliphatic carbocycles. The molecule has 144 valence electrons. The highest BCUT2D eigenvalue weighted by molar-refractivity contribution is 5.60. The van der Waals surface area contributed by atoms with Crippen molar-refractivity contribution in [2.24, 2.45) is 40.7 Å². The molecule has 8 saturated carbocycles. The minimum absolute atomic E-state index is 0.0112. The van der Waals surface area contributed by atoms with Gasteiger partial charge < -0.3 is 15.2 Å². The van der Waals surface area contributed by atoms with E-state index in [0.29, 0.717) is 6.61 Å². The van der Waals surface area contributed by atoms with Gasteiger partial charge in [0, 0.05) is 11.0 Å². The van der Waals surface area contributed by atoms with Gasteiger partial charge in [-0.1, -0.05) is 0 Å². The molecule has 8 bridgehead atoms. The van der Waals surface area contributed by atoms with E-state index in [-0.39, 0.29) is 16.6 Å². The molecule has 2 N–H and O–H groups in total. The third kappa shape index (κ3) is 2.54. The smallest absolute Gasteiger partial charge is 0.434 e. The summed E-state index contributed by atoms with van der Waals surface area (Å²) in [5.41, 5.74) is 6.63. The van der Waals surface area contributed by atoms with Crippen LogP contribution in [0.25, 0.3) is 0 Å². The molecule has 4 heteroatoms. The zero-order valence-electron chi connectivity index (χ0n) is 15.9. The summed E-state index contributed by atoms with van der Waals surface area (Å²) >= 11 is 0. The van der Waals surface area contributed by atoms with Gasteiger partial charge in [0.1, 0.15) is 12.2 Å². The molecule has 0 amide bonds. The summed E-state index contributed by atoms with van der Waals surface area (Å²) < 4.78 is 11.8. The van der Waals surface area contributed by atoms with E-state index in [1.807, 2.05) is 0 Å². The van der Waals surface area contributed by atoms with Crippen molar-refractivity contribution in [1.29, 1.82) is 0 Å². The van der Waals surface area contributed by atoms with Crippen molar-refractivity contribution in [2.75, 3.05) is 6.61 Å². The second-order valence-electron chi connectivity index (χ2n) is 11.6. The Kier molecular flexibility index (Phi) is 3.23. The molecule has 26 heavy (non-hydrogen) atoms. The molecular weight excluding hydrogens is 326 g/mol. The average molecular weight is 360 g/mol. The van der Waals surface area contributed by atoms with Crippen LogP contribution in [0.15, 0.2) is 0 Å². The first kappa shape index (κ1) is 16.2. The average Bonchev–Trinajstić information content (AvgIpc) is 2.49. The first-order valence-electron chi connectivity index (χ1n) is 11.1. The van der Waals surface area contributed by atoms with Gasteiger partial charge in [-0.15, -0.1) is 0 Å². The van der Waals surface area contributed by atoms with E-state index < -0.39 is 6.16 Å². The fourth-order valence-electron chi connectivity index (χ4n) is 9.27. The van der Waals surface area contributed by atoms with E-state index in [1.54, 1.807) is 0 Å². The van der Waals surface area contributed by atoms with Gasteiger partial charge in [0.05, 0.1) is 0 Å². The van der Waals surface area contributed by atoms with Crippen LogP contribution in [-0.4, -0.2) is 23.9 Å². The normalized spacial score (nSPS) is 56.0. The number of ether oxygens (including phenoxy) is 2. The van der Waals surface area contributed by atoms with Gasteiger partial charge in [0.15, 0.2) is 0 Å². The second kappa shape index (κ2) is 5.18. The first-order valence-corrected chi connectivity index (χ1v) is 11.1. The van der Waals surface area contributed by atoms with Crippen LogP contribution in [0.1, 0.15) is 77.0 Å². The molecule has 8 rings (SSSR count). The van der Waals surface area contributed by atoms with Gasteiger partial charge in [0.25, 0.3) is 0 Å². The third-order valence-corrected chi connectivity index (χ3v) is 9.01. The van der Waals surface area contributed by atoms with Crippen LogP contribution in [0, 0.1) is 35.0 Å². The molecule has 0 saturated heterocycles. The zero-order valence-corrected chi connectivity index (χ0v) is 15.9.